The molecule has 0 saturated heterocycles. The largest absolute Gasteiger partial charge is 0.276 e. The van der Waals surface area contributed by atoms with Crippen LogP contribution in [0.3, 0.4) is 0 Å². The Kier molecular flexibility index (Phi) is 3.64. The van der Waals surface area contributed by atoms with E-state index in [1.165, 1.54) is 0 Å². The lowest BCUT2D eigenvalue weighted by Gasteiger charge is -2.03. The Morgan fingerprint density at radius 1 is 0.875 bits per heavy atom. The first kappa shape index (κ1) is 12.6. The molecule has 0 saturated carbocycles. The van der Waals surface area contributed by atoms with E-state index in [-0.39, 0.29) is 0 Å². The molecule has 0 aromatic heterocycles. The lowest BCUT2D eigenvalue weighted by Crippen LogP contribution is -2.04. The van der Waals surface area contributed by atoms with Crippen LogP contribution in [0.1, 0.15) is 5.56 Å². The number of carbonyl (C=O) groups excluding carboxylic acids is 1. The van der Waals surface area contributed by atoms with Crippen LogP contribution in [0.25, 0.3) is 6.08 Å². The monoisotopic (exact) mass is 256 g/mol. The summed E-state index contributed by atoms with van der Waals surface area (Å²) in [5.41, 5.74) is -1.22. The summed E-state index contributed by atoms with van der Waals surface area (Å²) in [7, 11) is 0. The van der Waals surface area contributed by atoms with Gasteiger partial charge in [-0.15, -0.1) is 0 Å². The quantitative estimate of drug-likeness (QED) is 0.261. The third-order valence-corrected chi connectivity index (χ3v) is 1.75. The van der Waals surface area contributed by atoms with Crippen molar-refractivity contribution < 1.29 is 26.7 Å². The molecule has 0 atom stereocenters. The van der Waals surface area contributed by atoms with Crippen molar-refractivity contribution in [2.45, 2.75) is 0 Å². The van der Waals surface area contributed by atoms with Crippen LogP contribution in [0.4, 0.5) is 22.0 Å². The maximum absolute atomic E-state index is 12.9. The maximum atomic E-state index is 12.9. The third kappa shape index (κ3) is 2.21. The molecule has 0 aliphatic heterocycles. The van der Waals surface area contributed by atoms with Crippen LogP contribution in [-0.2, 0) is 4.79 Å². The predicted molar refractivity (Wildman–Crippen MR) is 46.1 cm³/mol. The lowest BCUT2D eigenvalue weighted by molar-refractivity contribution is -0.107. The van der Waals surface area contributed by atoms with E-state index in [1.54, 1.807) is 0 Å². The van der Waals surface area contributed by atoms with E-state index in [1.807, 2.05) is 0 Å². The molecule has 1 rings (SSSR count). The van der Waals surface area contributed by atoms with Crippen molar-refractivity contribution in [3.05, 3.63) is 40.7 Å². The van der Waals surface area contributed by atoms with Gasteiger partial charge in [-0.3, -0.25) is 4.79 Å². The van der Waals surface area contributed by atoms with Gasteiger partial charge in [0.25, 0.3) is 0 Å². The topological polar surface area (TPSA) is 17.1 Å². The van der Waals surface area contributed by atoms with Gasteiger partial charge in [0.2, 0.25) is 11.1 Å². The summed E-state index contributed by atoms with van der Waals surface area (Å²) >= 11 is 4.81. The van der Waals surface area contributed by atoms with Gasteiger partial charge in [0.15, 0.2) is 23.3 Å². The number of allylic oxidation sites excluding steroid dienone is 1. The van der Waals surface area contributed by atoms with E-state index < -0.39 is 39.9 Å². The molecular weight excluding hydrogens is 255 g/mol. The molecule has 0 aliphatic rings. The Morgan fingerprint density at radius 3 is 1.62 bits per heavy atom. The summed E-state index contributed by atoms with van der Waals surface area (Å²) < 4.78 is 63.6. The highest BCUT2D eigenvalue weighted by molar-refractivity contribution is 6.66. The molecule has 1 aromatic rings. The Bertz CT molecular complexity index is 454. The van der Waals surface area contributed by atoms with Gasteiger partial charge in [0, 0.05) is 0 Å². The van der Waals surface area contributed by atoms with Crippen molar-refractivity contribution >= 4 is 22.9 Å². The van der Waals surface area contributed by atoms with Gasteiger partial charge >= 0.3 is 0 Å². The predicted octanol–water partition coefficient (Wildman–Crippen LogP) is 3.16. The minimum atomic E-state index is -2.26. The smallest absolute Gasteiger partial charge is 0.245 e. The average molecular weight is 257 g/mol. The Morgan fingerprint density at radius 2 is 1.25 bits per heavy atom. The van der Waals surface area contributed by atoms with E-state index in [0.717, 1.165) is 0 Å². The van der Waals surface area contributed by atoms with Crippen LogP contribution in [-0.4, -0.2) is 5.24 Å². The first-order valence-electron chi connectivity index (χ1n) is 3.75. The normalized spacial score (nSPS) is 11.1. The number of halogens is 6. The van der Waals surface area contributed by atoms with E-state index in [2.05, 4.69) is 0 Å². The zero-order chi connectivity index (χ0) is 12.5. The molecule has 0 N–H and O–H groups in total. The third-order valence-electron chi connectivity index (χ3n) is 1.62. The number of carbonyl (C=O) groups is 1. The fourth-order valence-corrected chi connectivity index (χ4v) is 0.980. The van der Waals surface area contributed by atoms with Crippen molar-refractivity contribution in [1.29, 1.82) is 0 Å². The molecule has 16 heavy (non-hydrogen) atoms. The second-order valence-electron chi connectivity index (χ2n) is 2.62. The molecule has 0 heterocycles. The van der Waals surface area contributed by atoms with Gasteiger partial charge in [-0.05, 0) is 23.8 Å². The number of hydrogen-bond acceptors (Lipinski definition) is 1. The molecule has 1 aromatic carbocycles. The molecule has 0 fully saturated rings. The number of benzene rings is 1. The molecule has 0 amide bonds. The highest BCUT2D eigenvalue weighted by atomic mass is 35.5. The molecular formula is C9H2ClF5O. The molecule has 0 spiro atoms. The molecule has 0 aliphatic carbocycles. The van der Waals surface area contributed by atoms with Crippen LogP contribution >= 0.6 is 11.6 Å². The lowest BCUT2D eigenvalue weighted by atomic mass is 10.1. The summed E-state index contributed by atoms with van der Waals surface area (Å²) in [6.45, 7) is 0. The minimum Gasteiger partial charge on any atom is -0.276 e. The summed E-state index contributed by atoms with van der Waals surface area (Å²) in [5, 5.41) is -1.11. The highest BCUT2D eigenvalue weighted by Gasteiger charge is 2.24. The standard InChI is InChI=1S/C9H2ClF5O/c10-4(16)2-1-3-5(11)7(13)9(15)8(14)6(3)12/h1-2H. The Hall–Kier alpha value is -1.43. The van der Waals surface area contributed by atoms with E-state index in [9.17, 15) is 26.7 Å². The van der Waals surface area contributed by atoms with Gasteiger partial charge in [-0.1, -0.05) is 0 Å². The zero-order valence-corrected chi connectivity index (χ0v) is 8.09. The van der Waals surface area contributed by atoms with Crippen molar-refractivity contribution in [2.24, 2.45) is 0 Å². The molecule has 0 radical (unpaired) electrons. The maximum Gasteiger partial charge on any atom is 0.245 e. The molecule has 1 nitrogen and oxygen atoms in total. The SMILES string of the molecule is O=C(Cl)C=Cc1c(F)c(F)c(F)c(F)c1F. The summed E-state index contributed by atoms with van der Waals surface area (Å²) in [6.07, 6.45) is 0.880. The van der Waals surface area contributed by atoms with E-state index in [0.29, 0.717) is 12.2 Å². The fraction of sp³-hybridized carbons (Fsp3) is 0. The fourth-order valence-electron chi connectivity index (χ4n) is 0.917. The Labute approximate surface area is 91.1 Å². The molecule has 7 heteroatoms. The number of rotatable bonds is 2. The van der Waals surface area contributed by atoms with Crippen LogP contribution in [0.5, 0.6) is 0 Å². The summed E-state index contributed by atoms with van der Waals surface area (Å²) in [5.74, 6) is -10.5. The molecule has 0 unspecified atom stereocenters. The zero-order valence-electron chi connectivity index (χ0n) is 7.33. The summed E-state index contributed by atoms with van der Waals surface area (Å²) in [4.78, 5) is 10.2. The Balaban J connectivity index is 3.45. The average Bonchev–Trinajstić information content (AvgIpc) is 2.23. The van der Waals surface area contributed by atoms with Crippen LogP contribution < -0.4 is 0 Å². The molecule has 86 valence electrons. The van der Waals surface area contributed by atoms with E-state index in [4.69, 9.17) is 11.6 Å². The van der Waals surface area contributed by atoms with Crippen LogP contribution in [0.15, 0.2) is 6.08 Å². The van der Waals surface area contributed by atoms with Crippen LogP contribution in [0, 0.1) is 29.1 Å². The summed E-state index contributed by atoms with van der Waals surface area (Å²) in [6, 6.07) is 0. The van der Waals surface area contributed by atoms with Gasteiger partial charge in [0.05, 0.1) is 5.56 Å². The van der Waals surface area contributed by atoms with Crippen molar-refractivity contribution in [1.82, 2.24) is 0 Å². The first-order chi connectivity index (χ1) is 7.36. The van der Waals surface area contributed by atoms with Crippen LogP contribution in [0.2, 0.25) is 0 Å². The molecule has 0 bridgehead atoms. The van der Waals surface area contributed by atoms with E-state index >= 15 is 0 Å². The van der Waals surface area contributed by atoms with Gasteiger partial charge in [-0.25, -0.2) is 22.0 Å². The second kappa shape index (κ2) is 4.61. The number of hydrogen-bond donors (Lipinski definition) is 0. The second-order valence-corrected chi connectivity index (χ2v) is 2.99. The first-order valence-corrected chi connectivity index (χ1v) is 4.13. The van der Waals surface area contributed by atoms with Gasteiger partial charge in [0.1, 0.15) is 0 Å². The van der Waals surface area contributed by atoms with Gasteiger partial charge in [-0.2, -0.15) is 0 Å². The van der Waals surface area contributed by atoms with Crippen molar-refractivity contribution in [2.75, 3.05) is 0 Å². The van der Waals surface area contributed by atoms with Gasteiger partial charge < -0.3 is 0 Å². The highest BCUT2D eigenvalue weighted by Crippen LogP contribution is 2.23. The minimum absolute atomic E-state index is 0.408. The van der Waals surface area contributed by atoms with Crippen molar-refractivity contribution in [3.8, 4) is 0 Å². The van der Waals surface area contributed by atoms with Crippen molar-refractivity contribution in [3.63, 3.8) is 0 Å².